The zero-order chi connectivity index (χ0) is 13.4. The van der Waals surface area contributed by atoms with Gasteiger partial charge in [0, 0.05) is 13.0 Å². The average molecular weight is 270 g/mol. The summed E-state index contributed by atoms with van der Waals surface area (Å²) in [6.45, 7) is 3.58. The van der Waals surface area contributed by atoms with E-state index >= 15 is 0 Å². The number of aryl methyl sites for hydroxylation is 2. The standard InChI is InChI=1S/C11H14N2O4S/c1-5-9(18-6(2)12-5)10(15)13-4-7(14)3-8(13)11(16)17/h7-8,14H,3-4H2,1-2H3,(H,16,17)/t7?,8-/m0/s1. The summed E-state index contributed by atoms with van der Waals surface area (Å²) in [4.78, 5) is 29.2. The molecule has 2 N–H and O–H groups in total. The molecule has 1 amide bonds. The van der Waals surface area contributed by atoms with E-state index in [4.69, 9.17) is 5.11 Å². The number of β-amino-alcohol motifs (C(OH)–C–C–N with tert-alkyl or cyclic N) is 1. The van der Waals surface area contributed by atoms with Crippen LogP contribution in [-0.4, -0.2) is 50.7 Å². The third-order valence-electron chi connectivity index (χ3n) is 2.92. The maximum Gasteiger partial charge on any atom is 0.326 e. The van der Waals surface area contributed by atoms with E-state index in [-0.39, 0.29) is 18.9 Å². The first-order valence-electron chi connectivity index (χ1n) is 5.56. The second-order valence-corrected chi connectivity index (χ2v) is 5.55. The van der Waals surface area contributed by atoms with Crippen molar-refractivity contribution in [3.05, 3.63) is 15.6 Å². The molecule has 1 aliphatic rings. The van der Waals surface area contributed by atoms with Gasteiger partial charge in [-0.05, 0) is 13.8 Å². The number of likely N-dealkylation sites (tertiary alicyclic amines) is 1. The first-order valence-corrected chi connectivity index (χ1v) is 6.37. The highest BCUT2D eigenvalue weighted by atomic mass is 32.1. The van der Waals surface area contributed by atoms with Crippen LogP contribution < -0.4 is 0 Å². The number of carbonyl (C=O) groups is 2. The molecule has 0 saturated carbocycles. The molecule has 1 aromatic heterocycles. The van der Waals surface area contributed by atoms with Crippen molar-refractivity contribution in [2.75, 3.05) is 6.54 Å². The van der Waals surface area contributed by atoms with E-state index in [0.717, 1.165) is 5.01 Å². The molecule has 0 bridgehead atoms. The highest BCUT2D eigenvalue weighted by Gasteiger charge is 2.40. The smallest absolute Gasteiger partial charge is 0.326 e. The average Bonchev–Trinajstić information content (AvgIpc) is 2.81. The summed E-state index contributed by atoms with van der Waals surface area (Å²) in [6.07, 6.45) is -0.692. The fourth-order valence-electron chi connectivity index (χ4n) is 2.13. The highest BCUT2D eigenvalue weighted by molar-refractivity contribution is 7.13. The van der Waals surface area contributed by atoms with Crippen LogP contribution in [0.25, 0.3) is 0 Å². The Bertz CT molecular complexity index is 499. The van der Waals surface area contributed by atoms with Gasteiger partial charge in [-0.1, -0.05) is 0 Å². The molecule has 18 heavy (non-hydrogen) atoms. The molecule has 1 saturated heterocycles. The predicted octanol–water partition coefficient (Wildman–Crippen LogP) is 0.420. The van der Waals surface area contributed by atoms with Crippen LogP contribution in [0, 0.1) is 13.8 Å². The van der Waals surface area contributed by atoms with Gasteiger partial charge in [0.1, 0.15) is 10.9 Å². The van der Waals surface area contributed by atoms with Crippen molar-refractivity contribution in [3.63, 3.8) is 0 Å². The first-order chi connectivity index (χ1) is 8.40. The van der Waals surface area contributed by atoms with Crippen LogP contribution in [0.4, 0.5) is 0 Å². The van der Waals surface area contributed by atoms with E-state index in [0.29, 0.717) is 10.6 Å². The van der Waals surface area contributed by atoms with Crippen LogP contribution in [0.1, 0.15) is 26.8 Å². The van der Waals surface area contributed by atoms with Gasteiger partial charge in [0.05, 0.1) is 16.8 Å². The van der Waals surface area contributed by atoms with Crippen LogP contribution in [-0.2, 0) is 4.79 Å². The van der Waals surface area contributed by atoms with Crippen molar-refractivity contribution in [1.29, 1.82) is 0 Å². The Morgan fingerprint density at radius 2 is 2.11 bits per heavy atom. The number of hydrogen-bond donors (Lipinski definition) is 2. The molecular weight excluding hydrogens is 256 g/mol. The van der Waals surface area contributed by atoms with Gasteiger partial charge < -0.3 is 15.1 Å². The number of hydrogen-bond acceptors (Lipinski definition) is 5. The van der Waals surface area contributed by atoms with Crippen LogP contribution in [0.3, 0.4) is 0 Å². The molecule has 1 aromatic rings. The minimum Gasteiger partial charge on any atom is -0.480 e. The maximum atomic E-state index is 12.3. The van der Waals surface area contributed by atoms with E-state index in [2.05, 4.69) is 4.98 Å². The lowest BCUT2D eigenvalue weighted by molar-refractivity contribution is -0.141. The third kappa shape index (κ3) is 2.23. The van der Waals surface area contributed by atoms with Crippen LogP contribution in [0.15, 0.2) is 0 Å². The molecule has 1 unspecified atom stereocenters. The Labute approximate surface area is 108 Å². The van der Waals surface area contributed by atoms with Gasteiger partial charge in [-0.25, -0.2) is 9.78 Å². The number of carboxylic acid groups (broad SMARTS) is 1. The number of amides is 1. The topological polar surface area (TPSA) is 90.7 Å². The monoisotopic (exact) mass is 270 g/mol. The third-order valence-corrected chi connectivity index (χ3v) is 3.98. The number of rotatable bonds is 2. The molecule has 0 aliphatic carbocycles. The van der Waals surface area contributed by atoms with Gasteiger partial charge in [0.25, 0.3) is 5.91 Å². The lowest BCUT2D eigenvalue weighted by Crippen LogP contribution is -2.40. The molecule has 2 atom stereocenters. The lowest BCUT2D eigenvalue weighted by atomic mass is 10.2. The Kier molecular flexibility index (Phi) is 3.36. The minimum absolute atomic E-state index is 0.0617. The second-order valence-electron chi connectivity index (χ2n) is 4.35. The van der Waals surface area contributed by atoms with Gasteiger partial charge in [-0.15, -0.1) is 11.3 Å². The van der Waals surface area contributed by atoms with Crippen molar-refractivity contribution in [2.24, 2.45) is 0 Å². The van der Waals surface area contributed by atoms with Crippen molar-refractivity contribution >= 4 is 23.2 Å². The number of nitrogens with zero attached hydrogens (tertiary/aromatic N) is 2. The summed E-state index contributed by atoms with van der Waals surface area (Å²) in [7, 11) is 0. The van der Waals surface area contributed by atoms with Crippen LogP contribution >= 0.6 is 11.3 Å². The van der Waals surface area contributed by atoms with E-state index < -0.39 is 18.1 Å². The normalized spacial score (nSPS) is 23.4. The van der Waals surface area contributed by atoms with Crippen LogP contribution in [0.2, 0.25) is 0 Å². The van der Waals surface area contributed by atoms with Gasteiger partial charge >= 0.3 is 5.97 Å². The molecule has 0 radical (unpaired) electrons. The number of thiazole rings is 1. The molecule has 2 heterocycles. The molecule has 1 aliphatic heterocycles. The minimum atomic E-state index is -1.08. The summed E-state index contributed by atoms with van der Waals surface area (Å²) in [5.74, 6) is -1.44. The van der Waals surface area contributed by atoms with E-state index in [1.54, 1.807) is 13.8 Å². The predicted molar refractivity (Wildman–Crippen MR) is 64.7 cm³/mol. The molecule has 2 rings (SSSR count). The fourth-order valence-corrected chi connectivity index (χ4v) is 3.01. The quantitative estimate of drug-likeness (QED) is 0.812. The summed E-state index contributed by atoms with van der Waals surface area (Å²) in [5.41, 5.74) is 0.605. The number of carboxylic acids is 1. The highest BCUT2D eigenvalue weighted by Crippen LogP contribution is 2.25. The van der Waals surface area contributed by atoms with Crippen molar-refractivity contribution in [2.45, 2.75) is 32.4 Å². The second kappa shape index (κ2) is 4.66. The molecule has 0 spiro atoms. The molecule has 6 nitrogen and oxygen atoms in total. The van der Waals surface area contributed by atoms with Gasteiger partial charge in [-0.2, -0.15) is 0 Å². The van der Waals surface area contributed by atoms with E-state index in [1.807, 2.05) is 0 Å². The van der Waals surface area contributed by atoms with E-state index in [1.165, 1.54) is 16.2 Å². The summed E-state index contributed by atoms with van der Waals surface area (Å²) in [6, 6.07) is -0.950. The molecule has 1 fully saturated rings. The number of aliphatic hydroxyl groups excluding tert-OH is 1. The molecule has 98 valence electrons. The SMILES string of the molecule is Cc1nc(C)c(C(=O)N2CC(O)C[C@H]2C(=O)O)s1. The van der Waals surface area contributed by atoms with Crippen molar-refractivity contribution < 1.29 is 19.8 Å². The zero-order valence-electron chi connectivity index (χ0n) is 10.1. The van der Waals surface area contributed by atoms with E-state index in [9.17, 15) is 14.7 Å². The summed E-state index contributed by atoms with van der Waals surface area (Å²) < 4.78 is 0. The van der Waals surface area contributed by atoms with Crippen molar-refractivity contribution in [3.8, 4) is 0 Å². The summed E-state index contributed by atoms with van der Waals surface area (Å²) in [5, 5.41) is 19.3. The molecule has 0 aromatic carbocycles. The molecular formula is C11H14N2O4S. The summed E-state index contributed by atoms with van der Waals surface area (Å²) >= 11 is 1.25. The largest absolute Gasteiger partial charge is 0.480 e. The fraction of sp³-hybridized carbons (Fsp3) is 0.545. The van der Waals surface area contributed by atoms with Gasteiger partial charge in [-0.3, -0.25) is 4.79 Å². The van der Waals surface area contributed by atoms with Gasteiger partial charge in [0.2, 0.25) is 0 Å². The number of aliphatic carboxylic acids is 1. The Morgan fingerprint density at radius 1 is 1.44 bits per heavy atom. The van der Waals surface area contributed by atoms with Crippen LogP contribution in [0.5, 0.6) is 0 Å². The molecule has 7 heteroatoms. The Balaban J connectivity index is 2.28. The Morgan fingerprint density at radius 3 is 2.61 bits per heavy atom. The number of aromatic nitrogens is 1. The lowest BCUT2D eigenvalue weighted by Gasteiger charge is -2.20. The number of aliphatic hydroxyl groups is 1. The maximum absolute atomic E-state index is 12.3. The Hall–Kier alpha value is -1.47. The first kappa shape index (κ1) is 13.0. The number of carbonyl (C=O) groups excluding carboxylic acids is 1. The van der Waals surface area contributed by atoms with Gasteiger partial charge in [0.15, 0.2) is 0 Å². The zero-order valence-corrected chi connectivity index (χ0v) is 10.9. The van der Waals surface area contributed by atoms with Crippen molar-refractivity contribution in [1.82, 2.24) is 9.88 Å².